The Labute approximate surface area is 160 Å². The van der Waals surface area contributed by atoms with Crippen molar-refractivity contribution in [3.63, 3.8) is 0 Å². The highest BCUT2D eigenvalue weighted by molar-refractivity contribution is 6.34. The number of hydrogen-bond donors (Lipinski definition) is 1. The van der Waals surface area contributed by atoms with Crippen molar-refractivity contribution >= 4 is 29.1 Å². The lowest BCUT2D eigenvalue weighted by molar-refractivity contribution is -0.115. The summed E-state index contributed by atoms with van der Waals surface area (Å²) in [5.74, 6) is -0.426. The maximum absolute atomic E-state index is 12.3. The van der Waals surface area contributed by atoms with Crippen LogP contribution in [0.25, 0.3) is 5.69 Å². The SMILES string of the molecule is CN(C)C(=O)c1cc(NC(=O)Cc2ccc(-n3cnnn3)cc2)ccc1Cl. The summed E-state index contributed by atoms with van der Waals surface area (Å²) in [5.41, 5.74) is 2.49. The number of nitrogens with one attached hydrogen (secondary N) is 1. The molecule has 1 heterocycles. The molecule has 2 amide bonds. The topological polar surface area (TPSA) is 93.0 Å². The van der Waals surface area contributed by atoms with Crippen LogP contribution in [-0.4, -0.2) is 51.0 Å². The molecule has 8 nitrogen and oxygen atoms in total. The van der Waals surface area contributed by atoms with Crippen LogP contribution in [0.2, 0.25) is 5.02 Å². The first-order valence-corrected chi connectivity index (χ1v) is 8.45. The van der Waals surface area contributed by atoms with Gasteiger partial charge in [-0.3, -0.25) is 9.59 Å². The number of anilines is 1. The van der Waals surface area contributed by atoms with E-state index >= 15 is 0 Å². The van der Waals surface area contributed by atoms with E-state index in [0.29, 0.717) is 16.3 Å². The molecule has 0 bridgehead atoms. The lowest BCUT2D eigenvalue weighted by Crippen LogP contribution is -2.22. The fourth-order valence-electron chi connectivity index (χ4n) is 2.44. The van der Waals surface area contributed by atoms with Gasteiger partial charge in [0.15, 0.2) is 0 Å². The molecule has 27 heavy (non-hydrogen) atoms. The molecule has 0 spiro atoms. The molecule has 0 aliphatic heterocycles. The summed E-state index contributed by atoms with van der Waals surface area (Å²) in [6.07, 6.45) is 1.68. The Kier molecular flexibility index (Phi) is 5.46. The van der Waals surface area contributed by atoms with E-state index in [1.807, 2.05) is 24.3 Å². The third kappa shape index (κ3) is 4.48. The summed E-state index contributed by atoms with van der Waals surface area (Å²) in [7, 11) is 3.28. The molecular weight excluding hydrogens is 368 g/mol. The van der Waals surface area contributed by atoms with Gasteiger partial charge in [-0.2, -0.15) is 0 Å². The number of rotatable bonds is 5. The Balaban J connectivity index is 1.67. The molecule has 1 N–H and O–H groups in total. The fraction of sp³-hybridized carbons (Fsp3) is 0.167. The Morgan fingerprint density at radius 1 is 1.15 bits per heavy atom. The molecule has 0 atom stereocenters. The van der Waals surface area contributed by atoms with Gasteiger partial charge in [0.1, 0.15) is 6.33 Å². The van der Waals surface area contributed by atoms with Gasteiger partial charge in [-0.05, 0) is 46.3 Å². The lowest BCUT2D eigenvalue weighted by atomic mass is 10.1. The van der Waals surface area contributed by atoms with E-state index in [2.05, 4.69) is 20.8 Å². The molecule has 1 aromatic heterocycles. The summed E-state index contributed by atoms with van der Waals surface area (Å²) in [4.78, 5) is 25.9. The van der Waals surface area contributed by atoms with Crippen LogP contribution < -0.4 is 5.32 Å². The summed E-state index contributed by atoms with van der Waals surface area (Å²) in [6.45, 7) is 0. The zero-order valence-electron chi connectivity index (χ0n) is 14.8. The van der Waals surface area contributed by atoms with Crippen molar-refractivity contribution in [2.45, 2.75) is 6.42 Å². The van der Waals surface area contributed by atoms with Crippen LogP contribution in [-0.2, 0) is 11.2 Å². The summed E-state index contributed by atoms with van der Waals surface area (Å²) in [5, 5.41) is 14.1. The van der Waals surface area contributed by atoms with Crippen molar-refractivity contribution in [2.24, 2.45) is 0 Å². The van der Waals surface area contributed by atoms with Crippen LogP contribution in [0.15, 0.2) is 48.8 Å². The minimum atomic E-state index is -0.228. The van der Waals surface area contributed by atoms with E-state index in [9.17, 15) is 9.59 Å². The Bertz CT molecular complexity index is 954. The van der Waals surface area contributed by atoms with Gasteiger partial charge in [-0.1, -0.05) is 23.7 Å². The Morgan fingerprint density at radius 2 is 1.89 bits per heavy atom. The van der Waals surface area contributed by atoms with E-state index in [4.69, 9.17) is 11.6 Å². The summed E-state index contributed by atoms with van der Waals surface area (Å²) >= 11 is 6.08. The van der Waals surface area contributed by atoms with Crippen LogP contribution >= 0.6 is 11.6 Å². The molecule has 2 aromatic carbocycles. The number of nitrogens with zero attached hydrogens (tertiary/aromatic N) is 5. The highest BCUT2D eigenvalue weighted by Gasteiger charge is 2.14. The van der Waals surface area contributed by atoms with Crippen LogP contribution in [0.1, 0.15) is 15.9 Å². The normalized spacial score (nSPS) is 10.5. The average molecular weight is 385 g/mol. The van der Waals surface area contributed by atoms with Crippen LogP contribution in [0.5, 0.6) is 0 Å². The van der Waals surface area contributed by atoms with Gasteiger partial charge < -0.3 is 10.2 Å². The van der Waals surface area contributed by atoms with Crippen molar-refractivity contribution in [3.8, 4) is 5.69 Å². The number of tetrazole rings is 1. The molecule has 0 fully saturated rings. The lowest BCUT2D eigenvalue weighted by Gasteiger charge is -2.13. The zero-order valence-corrected chi connectivity index (χ0v) is 15.5. The van der Waals surface area contributed by atoms with Crippen molar-refractivity contribution in [1.82, 2.24) is 25.1 Å². The number of benzene rings is 2. The Hall–Kier alpha value is -3.26. The van der Waals surface area contributed by atoms with Gasteiger partial charge in [0.05, 0.1) is 22.7 Å². The molecule has 9 heteroatoms. The van der Waals surface area contributed by atoms with E-state index in [1.54, 1.807) is 32.3 Å². The second-order valence-electron chi connectivity index (χ2n) is 6.04. The molecule has 0 saturated carbocycles. The van der Waals surface area contributed by atoms with Crippen LogP contribution in [0.4, 0.5) is 5.69 Å². The smallest absolute Gasteiger partial charge is 0.254 e. The number of carbonyl (C=O) groups excluding carboxylic acids is 2. The van der Waals surface area contributed by atoms with Crippen molar-refractivity contribution in [3.05, 3.63) is 64.9 Å². The van der Waals surface area contributed by atoms with Crippen molar-refractivity contribution in [1.29, 1.82) is 0 Å². The molecular formula is C18H17ClN6O2. The highest BCUT2D eigenvalue weighted by Crippen LogP contribution is 2.22. The van der Waals surface area contributed by atoms with E-state index < -0.39 is 0 Å². The third-order valence-electron chi connectivity index (χ3n) is 3.80. The number of carbonyl (C=O) groups is 2. The monoisotopic (exact) mass is 384 g/mol. The third-order valence-corrected chi connectivity index (χ3v) is 4.13. The van der Waals surface area contributed by atoms with E-state index in [1.165, 1.54) is 15.9 Å². The van der Waals surface area contributed by atoms with E-state index in [-0.39, 0.29) is 18.2 Å². The molecule has 0 saturated heterocycles. The largest absolute Gasteiger partial charge is 0.345 e. The van der Waals surface area contributed by atoms with Gasteiger partial charge in [-0.25, -0.2) is 4.68 Å². The van der Waals surface area contributed by atoms with Crippen molar-refractivity contribution < 1.29 is 9.59 Å². The molecule has 0 aliphatic rings. The predicted molar refractivity (Wildman–Crippen MR) is 101 cm³/mol. The van der Waals surface area contributed by atoms with Gasteiger partial charge in [-0.15, -0.1) is 5.10 Å². The first-order valence-electron chi connectivity index (χ1n) is 8.07. The fourth-order valence-corrected chi connectivity index (χ4v) is 2.64. The van der Waals surface area contributed by atoms with Gasteiger partial charge >= 0.3 is 0 Å². The maximum atomic E-state index is 12.3. The minimum Gasteiger partial charge on any atom is -0.345 e. The number of hydrogen-bond acceptors (Lipinski definition) is 5. The molecule has 3 aromatic rings. The molecule has 138 valence electrons. The molecule has 0 aliphatic carbocycles. The number of halogens is 1. The zero-order chi connectivity index (χ0) is 19.4. The standard InChI is InChI=1S/C18H17ClN6O2/c1-24(2)18(27)15-10-13(5-8-16(15)19)21-17(26)9-12-3-6-14(7-4-12)25-11-20-22-23-25/h3-8,10-11H,9H2,1-2H3,(H,21,26). The predicted octanol–water partition coefficient (Wildman–Crippen LogP) is 2.20. The second kappa shape index (κ2) is 7.96. The van der Waals surface area contributed by atoms with Gasteiger partial charge in [0.2, 0.25) is 5.91 Å². The quantitative estimate of drug-likeness (QED) is 0.727. The van der Waals surface area contributed by atoms with Crippen molar-refractivity contribution in [2.75, 3.05) is 19.4 Å². The van der Waals surface area contributed by atoms with Gasteiger partial charge in [0, 0.05) is 19.8 Å². The van der Waals surface area contributed by atoms with Gasteiger partial charge in [0.25, 0.3) is 5.91 Å². The highest BCUT2D eigenvalue weighted by atomic mass is 35.5. The second-order valence-corrected chi connectivity index (χ2v) is 6.45. The van der Waals surface area contributed by atoms with Crippen LogP contribution in [0.3, 0.4) is 0 Å². The van der Waals surface area contributed by atoms with E-state index in [0.717, 1.165) is 11.3 Å². The van der Waals surface area contributed by atoms with Crippen LogP contribution in [0, 0.1) is 0 Å². The number of aromatic nitrogens is 4. The Morgan fingerprint density at radius 3 is 2.52 bits per heavy atom. The first kappa shape index (κ1) is 18.5. The summed E-state index contributed by atoms with van der Waals surface area (Å²) < 4.78 is 1.53. The summed E-state index contributed by atoms with van der Waals surface area (Å²) in [6, 6.07) is 12.1. The molecule has 3 rings (SSSR count). The average Bonchev–Trinajstić information content (AvgIpc) is 3.18. The minimum absolute atomic E-state index is 0.190. The first-order chi connectivity index (χ1) is 12.9. The maximum Gasteiger partial charge on any atom is 0.254 e. The number of amides is 2. The molecule has 0 unspecified atom stereocenters. The molecule has 0 radical (unpaired) electrons.